The summed E-state index contributed by atoms with van der Waals surface area (Å²) in [6.45, 7) is 0. The van der Waals surface area contributed by atoms with Gasteiger partial charge in [0.2, 0.25) is 0 Å². The van der Waals surface area contributed by atoms with E-state index < -0.39 is 11.9 Å². The smallest absolute Gasteiger partial charge is 0.337 e. The number of amides is 1. The van der Waals surface area contributed by atoms with Crippen LogP contribution in [0.25, 0.3) is 0 Å². The molecule has 0 spiro atoms. The van der Waals surface area contributed by atoms with Crippen LogP contribution in [0.5, 0.6) is 0 Å². The lowest BCUT2D eigenvalue weighted by Gasteiger charge is -2.11. The number of benzene rings is 2. The third kappa shape index (κ3) is 3.67. The largest absolute Gasteiger partial charge is 0.478 e. The minimum atomic E-state index is -1.25. The Kier molecular flexibility index (Phi) is 4.73. The molecule has 1 amide bonds. The second-order valence-electron chi connectivity index (χ2n) is 4.08. The molecule has 7 heteroatoms. The molecule has 0 aromatic heterocycles. The zero-order valence-corrected chi connectivity index (χ0v) is 12.6. The van der Waals surface area contributed by atoms with Gasteiger partial charge in [-0.3, -0.25) is 4.79 Å². The molecule has 21 heavy (non-hydrogen) atoms. The molecule has 0 heterocycles. The third-order valence-corrected chi connectivity index (χ3v) is 3.36. The summed E-state index contributed by atoms with van der Waals surface area (Å²) in [5.74, 6) is -1.77. The van der Waals surface area contributed by atoms with Crippen molar-refractivity contribution in [3.63, 3.8) is 0 Å². The lowest BCUT2D eigenvalue weighted by molar-refractivity contribution is 0.0698. The van der Waals surface area contributed by atoms with Gasteiger partial charge in [-0.25, -0.2) is 4.79 Å². The van der Waals surface area contributed by atoms with Gasteiger partial charge in [-0.05, 0) is 30.3 Å². The standard InChI is InChI=1S/C14H8Cl3NO3/c15-8-3-1-2-7(4-8)13(19)18-12-10(14(20)21)5-9(16)6-11(12)17/h1-6H,(H,18,19)(H,20,21). The van der Waals surface area contributed by atoms with E-state index in [1.165, 1.54) is 18.2 Å². The molecule has 4 nitrogen and oxygen atoms in total. The number of aromatic carboxylic acids is 1. The van der Waals surface area contributed by atoms with Crippen molar-refractivity contribution in [2.45, 2.75) is 0 Å². The number of halogens is 3. The Morgan fingerprint density at radius 1 is 1.00 bits per heavy atom. The highest BCUT2D eigenvalue weighted by Gasteiger charge is 2.18. The summed E-state index contributed by atoms with van der Waals surface area (Å²) in [4.78, 5) is 23.3. The van der Waals surface area contributed by atoms with Crippen LogP contribution in [0.2, 0.25) is 15.1 Å². The summed E-state index contributed by atoms with van der Waals surface area (Å²) in [5.41, 5.74) is 0.0753. The fraction of sp³-hybridized carbons (Fsp3) is 0. The maximum atomic E-state index is 12.1. The second kappa shape index (κ2) is 6.35. The molecule has 0 atom stereocenters. The van der Waals surface area contributed by atoms with Crippen LogP contribution in [0, 0.1) is 0 Å². The molecule has 2 aromatic rings. The van der Waals surface area contributed by atoms with Gasteiger partial charge in [0.1, 0.15) is 0 Å². The first-order chi connectivity index (χ1) is 9.88. The molecule has 0 bridgehead atoms. The van der Waals surface area contributed by atoms with Crippen molar-refractivity contribution >= 4 is 52.4 Å². The third-order valence-electron chi connectivity index (χ3n) is 2.61. The molecular formula is C14H8Cl3NO3. The minimum Gasteiger partial charge on any atom is -0.478 e. The Morgan fingerprint density at radius 3 is 2.33 bits per heavy atom. The van der Waals surface area contributed by atoms with E-state index in [2.05, 4.69) is 5.32 Å². The van der Waals surface area contributed by atoms with Crippen LogP contribution in [0.1, 0.15) is 20.7 Å². The number of anilines is 1. The number of carboxylic acid groups (broad SMARTS) is 1. The van der Waals surface area contributed by atoms with Gasteiger partial charge in [0, 0.05) is 15.6 Å². The average molecular weight is 345 g/mol. The second-order valence-corrected chi connectivity index (χ2v) is 5.36. The van der Waals surface area contributed by atoms with Crippen molar-refractivity contribution in [2.24, 2.45) is 0 Å². The van der Waals surface area contributed by atoms with E-state index in [4.69, 9.17) is 39.9 Å². The molecule has 2 rings (SSSR count). The predicted molar refractivity (Wildman–Crippen MR) is 82.8 cm³/mol. The molecule has 2 N–H and O–H groups in total. The van der Waals surface area contributed by atoms with Crippen LogP contribution < -0.4 is 5.32 Å². The summed E-state index contributed by atoms with van der Waals surface area (Å²) in [7, 11) is 0. The SMILES string of the molecule is O=C(Nc1c(Cl)cc(Cl)cc1C(=O)O)c1cccc(Cl)c1. The molecule has 108 valence electrons. The minimum absolute atomic E-state index is 0.0152. The number of hydrogen-bond donors (Lipinski definition) is 2. The van der Waals surface area contributed by atoms with Gasteiger partial charge >= 0.3 is 5.97 Å². The molecule has 0 fully saturated rings. The first-order valence-corrected chi connectivity index (χ1v) is 6.81. The van der Waals surface area contributed by atoms with E-state index in [9.17, 15) is 9.59 Å². The van der Waals surface area contributed by atoms with Crippen LogP contribution in [0.15, 0.2) is 36.4 Å². The normalized spacial score (nSPS) is 10.2. The molecule has 0 aliphatic rings. The zero-order valence-electron chi connectivity index (χ0n) is 10.4. The van der Waals surface area contributed by atoms with E-state index in [0.29, 0.717) is 5.02 Å². The maximum Gasteiger partial charge on any atom is 0.337 e. The number of rotatable bonds is 3. The van der Waals surface area contributed by atoms with Gasteiger partial charge < -0.3 is 10.4 Å². The molecule has 0 aliphatic heterocycles. The fourth-order valence-corrected chi connectivity index (χ4v) is 2.42. The lowest BCUT2D eigenvalue weighted by Crippen LogP contribution is -2.15. The monoisotopic (exact) mass is 343 g/mol. The van der Waals surface area contributed by atoms with Crippen LogP contribution >= 0.6 is 34.8 Å². The van der Waals surface area contributed by atoms with Crippen LogP contribution in [-0.4, -0.2) is 17.0 Å². The van der Waals surface area contributed by atoms with E-state index in [0.717, 1.165) is 0 Å². The van der Waals surface area contributed by atoms with Gasteiger partial charge in [-0.15, -0.1) is 0 Å². The van der Waals surface area contributed by atoms with Crippen molar-refractivity contribution in [2.75, 3.05) is 5.32 Å². The van der Waals surface area contributed by atoms with Crippen LogP contribution in [0.4, 0.5) is 5.69 Å². The molecular weight excluding hydrogens is 337 g/mol. The van der Waals surface area contributed by atoms with Crippen molar-refractivity contribution in [3.8, 4) is 0 Å². The summed E-state index contributed by atoms with van der Waals surface area (Å²) >= 11 is 17.5. The Bertz CT molecular complexity index is 731. The van der Waals surface area contributed by atoms with E-state index in [1.54, 1.807) is 18.2 Å². The molecule has 2 aromatic carbocycles. The highest BCUT2D eigenvalue weighted by Crippen LogP contribution is 2.30. The molecule has 0 radical (unpaired) electrons. The molecule has 0 saturated carbocycles. The Hall–Kier alpha value is -1.75. The number of carbonyl (C=O) groups excluding carboxylic acids is 1. The summed E-state index contributed by atoms with van der Waals surface area (Å²) in [6.07, 6.45) is 0. The Morgan fingerprint density at radius 2 is 1.71 bits per heavy atom. The van der Waals surface area contributed by atoms with Gasteiger partial charge in [0.15, 0.2) is 0 Å². The van der Waals surface area contributed by atoms with Crippen molar-refractivity contribution in [1.29, 1.82) is 0 Å². The topological polar surface area (TPSA) is 66.4 Å². The quantitative estimate of drug-likeness (QED) is 0.855. The van der Waals surface area contributed by atoms with Gasteiger partial charge in [-0.2, -0.15) is 0 Å². The summed E-state index contributed by atoms with van der Waals surface area (Å²) < 4.78 is 0. The number of nitrogens with one attached hydrogen (secondary N) is 1. The van der Waals surface area contributed by atoms with E-state index in [-0.39, 0.29) is 26.9 Å². The van der Waals surface area contributed by atoms with Gasteiger partial charge in [0.05, 0.1) is 16.3 Å². The predicted octanol–water partition coefficient (Wildman–Crippen LogP) is 4.60. The zero-order chi connectivity index (χ0) is 15.6. The number of carbonyl (C=O) groups is 2. The van der Waals surface area contributed by atoms with E-state index in [1.807, 2.05) is 0 Å². The van der Waals surface area contributed by atoms with Crippen molar-refractivity contribution in [1.82, 2.24) is 0 Å². The molecule has 0 aliphatic carbocycles. The van der Waals surface area contributed by atoms with Gasteiger partial charge in [0.25, 0.3) is 5.91 Å². The van der Waals surface area contributed by atoms with Crippen LogP contribution in [0.3, 0.4) is 0 Å². The van der Waals surface area contributed by atoms with Gasteiger partial charge in [-0.1, -0.05) is 40.9 Å². The van der Waals surface area contributed by atoms with Crippen LogP contribution in [-0.2, 0) is 0 Å². The highest BCUT2D eigenvalue weighted by atomic mass is 35.5. The average Bonchev–Trinajstić information content (AvgIpc) is 2.41. The molecule has 0 unspecified atom stereocenters. The summed E-state index contributed by atoms with van der Waals surface area (Å²) in [5, 5.41) is 12.2. The Balaban J connectivity index is 2.39. The molecule has 0 saturated heterocycles. The fourth-order valence-electron chi connectivity index (χ4n) is 1.68. The Labute approximate surface area is 135 Å². The first-order valence-electron chi connectivity index (χ1n) is 5.67. The van der Waals surface area contributed by atoms with E-state index >= 15 is 0 Å². The highest BCUT2D eigenvalue weighted by molar-refractivity contribution is 6.38. The number of carboxylic acids is 1. The summed E-state index contributed by atoms with van der Waals surface area (Å²) in [6, 6.07) is 8.80. The number of hydrogen-bond acceptors (Lipinski definition) is 2. The van der Waals surface area contributed by atoms with Crippen molar-refractivity contribution < 1.29 is 14.7 Å². The lowest BCUT2D eigenvalue weighted by atomic mass is 10.1. The van der Waals surface area contributed by atoms with Crippen molar-refractivity contribution in [3.05, 3.63) is 62.6 Å². The maximum absolute atomic E-state index is 12.1. The first kappa shape index (κ1) is 15.6.